The molecule has 0 N–H and O–H groups in total. The van der Waals surface area contributed by atoms with Gasteiger partial charge in [-0.25, -0.2) is 0 Å². The van der Waals surface area contributed by atoms with Crippen LogP contribution in [-0.4, -0.2) is 13.2 Å². The second kappa shape index (κ2) is 10.3. The Morgan fingerprint density at radius 1 is 1.00 bits per heavy atom. The van der Waals surface area contributed by atoms with Crippen LogP contribution in [0, 0.1) is 0 Å². The van der Waals surface area contributed by atoms with Gasteiger partial charge in [0.2, 0.25) is 0 Å². The maximum atomic E-state index is 5.60. The molecule has 0 atom stereocenters. The molecule has 2 aromatic rings. The van der Waals surface area contributed by atoms with Crippen molar-refractivity contribution in [2.45, 2.75) is 6.61 Å². The average Bonchev–Trinajstić information content (AvgIpc) is 2.49. The van der Waals surface area contributed by atoms with Crippen LogP contribution < -0.4 is 51.4 Å². The zero-order valence-corrected chi connectivity index (χ0v) is 15.1. The molecule has 0 unspecified atom stereocenters. The van der Waals surface area contributed by atoms with Gasteiger partial charge < -0.3 is 10.1 Å². The Balaban J connectivity index is 0.00000200. The number of benzene rings is 2. The summed E-state index contributed by atoms with van der Waals surface area (Å²) in [5, 5.41) is 4.43. The van der Waals surface area contributed by atoms with Crippen LogP contribution in [0.3, 0.4) is 0 Å². The van der Waals surface area contributed by atoms with Crippen molar-refractivity contribution in [3.8, 4) is 0 Å². The monoisotopic (exact) mass is 291 g/mol. The molecular weight excluding hydrogens is 273 g/mol. The zero-order chi connectivity index (χ0) is 13.3. The van der Waals surface area contributed by atoms with Gasteiger partial charge in [0, 0.05) is 6.61 Å². The summed E-state index contributed by atoms with van der Waals surface area (Å²) in [5.74, 6) is 0. The Labute approximate surface area is 163 Å². The third-order valence-corrected chi connectivity index (χ3v) is 2.77. The summed E-state index contributed by atoms with van der Waals surface area (Å²) in [5.41, 5.74) is 3.30. The first-order valence-electron chi connectivity index (χ1n) is 6.40. The maximum absolute atomic E-state index is 5.60. The molecule has 0 spiro atoms. The van der Waals surface area contributed by atoms with Crippen molar-refractivity contribution in [3.05, 3.63) is 77.6 Å². The van der Waals surface area contributed by atoms with Gasteiger partial charge in [0.1, 0.15) is 0 Å². The van der Waals surface area contributed by atoms with E-state index in [1.165, 1.54) is 5.56 Å². The summed E-state index contributed by atoms with van der Waals surface area (Å²) in [6, 6.07) is 18.2. The summed E-state index contributed by atoms with van der Waals surface area (Å²) >= 11 is 0. The van der Waals surface area contributed by atoms with E-state index >= 15 is 0 Å². The molecule has 0 saturated carbocycles. The Bertz CT molecular complexity index is 496. The van der Waals surface area contributed by atoms with Gasteiger partial charge in [0.15, 0.2) is 0 Å². The van der Waals surface area contributed by atoms with E-state index in [4.69, 9.17) is 4.74 Å². The minimum Gasteiger partial charge on any atom is -0.683 e. The van der Waals surface area contributed by atoms with Gasteiger partial charge >= 0.3 is 51.4 Å². The van der Waals surface area contributed by atoms with Crippen LogP contribution in [0.2, 0.25) is 0 Å². The van der Waals surface area contributed by atoms with E-state index in [9.17, 15) is 0 Å². The van der Waals surface area contributed by atoms with Crippen LogP contribution in [0.25, 0.3) is 11.4 Å². The normalized spacial score (nSPS) is 9.60. The summed E-state index contributed by atoms with van der Waals surface area (Å²) in [4.78, 5) is 0. The Morgan fingerprint density at radius 2 is 1.70 bits per heavy atom. The maximum Gasteiger partial charge on any atom is 1.00 e. The predicted octanol–water partition coefficient (Wildman–Crippen LogP) is 1.56. The topological polar surface area (TPSA) is 23.3 Å². The van der Waals surface area contributed by atoms with Crippen LogP contribution in [0.4, 0.5) is 5.69 Å². The van der Waals surface area contributed by atoms with E-state index < -0.39 is 0 Å². The molecule has 20 heavy (non-hydrogen) atoms. The molecule has 0 radical (unpaired) electrons. The standard InChI is InChI=1S/C17H18NO.K/c1-2-15-8-10-16(11-9-15)14-19-13-12-18-17-6-4-3-5-7-17;/h2-11H,1,12-14H2;/q-1;+1. The summed E-state index contributed by atoms with van der Waals surface area (Å²) in [6.45, 7) is 5.69. The molecule has 0 aromatic heterocycles. The number of para-hydroxylation sites is 1. The van der Waals surface area contributed by atoms with E-state index in [2.05, 4.69) is 24.0 Å². The minimum absolute atomic E-state index is 0. The number of hydrogen-bond acceptors (Lipinski definition) is 1. The number of ether oxygens (including phenoxy) is 1. The van der Waals surface area contributed by atoms with Gasteiger partial charge in [-0.15, -0.1) is 12.2 Å². The van der Waals surface area contributed by atoms with Gasteiger partial charge in [-0.05, 0) is 11.1 Å². The number of rotatable bonds is 7. The van der Waals surface area contributed by atoms with Gasteiger partial charge in [0.05, 0.1) is 6.61 Å². The van der Waals surface area contributed by atoms with E-state index in [1.807, 2.05) is 48.5 Å². The first-order chi connectivity index (χ1) is 9.38. The molecule has 2 nitrogen and oxygen atoms in total. The van der Waals surface area contributed by atoms with Crippen molar-refractivity contribution in [2.24, 2.45) is 0 Å². The van der Waals surface area contributed by atoms with E-state index in [1.54, 1.807) is 0 Å². The molecule has 2 rings (SSSR count). The first kappa shape index (κ1) is 17.6. The molecule has 98 valence electrons. The molecule has 0 amide bonds. The second-order valence-corrected chi connectivity index (χ2v) is 4.22. The average molecular weight is 291 g/mol. The second-order valence-electron chi connectivity index (χ2n) is 4.22. The number of nitrogens with zero attached hydrogens (tertiary/aromatic N) is 1. The van der Waals surface area contributed by atoms with Crippen molar-refractivity contribution < 1.29 is 56.1 Å². The largest absolute Gasteiger partial charge is 1.00 e. The molecule has 0 heterocycles. The molecule has 0 aliphatic heterocycles. The Hall–Kier alpha value is -0.424. The van der Waals surface area contributed by atoms with Gasteiger partial charge in [-0.3, -0.25) is 0 Å². The predicted molar refractivity (Wildman–Crippen MR) is 80.5 cm³/mol. The van der Waals surface area contributed by atoms with Gasteiger partial charge in [-0.1, -0.05) is 67.3 Å². The van der Waals surface area contributed by atoms with Crippen LogP contribution >= 0.6 is 0 Å². The Kier molecular flexibility index (Phi) is 9.10. The molecule has 0 aliphatic rings. The quantitative estimate of drug-likeness (QED) is 0.561. The molecule has 0 bridgehead atoms. The molecular formula is C17H18KNO. The van der Waals surface area contributed by atoms with Crippen LogP contribution in [0.5, 0.6) is 0 Å². The number of hydrogen-bond donors (Lipinski definition) is 0. The van der Waals surface area contributed by atoms with Crippen molar-refractivity contribution in [3.63, 3.8) is 0 Å². The summed E-state index contributed by atoms with van der Waals surface area (Å²) in [7, 11) is 0. The Morgan fingerprint density at radius 3 is 2.35 bits per heavy atom. The molecule has 0 aliphatic carbocycles. The molecule has 2 aromatic carbocycles. The smallest absolute Gasteiger partial charge is 0.683 e. The first-order valence-corrected chi connectivity index (χ1v) is 6.40. The van der Waals surface area contributed by atoms with Crippen molar-refractivity contribution >= 4 is 11.8 Å². The zero-order valence-electron chi connectivity index (χ0n) is 12.0. The minimum atomic E-state index is 0. The van der Waals surface area contributed by atoms with Gasteiger partial charge in [-0.2, -0.15) is 0 Å². The van der Waals surface area contributed by atoms with Crippen LogP contribution in [0.1, 0.15) is 11.1 Å². The summed E-state index contributed by atoms with van der Waals surface area (Å²) in [6.07, 6.45) is 1.84. The van der Waals surface area contributed by atoms with E-state index in [-0.39, 0.29) is 51.4 Å². The summed E-state index contributed by atoms with van der Waals surface area (Å²) < 4.78 is 5.60. The van der Waals surface area contributed by atoms with Crippen molar-refractivity contribution in [1.29, 1.82) is 0 Å². The van der Waals surface area contributed by atoms with Crippen LogP contribution in [0.15, 0.2) is 61.2 Å². The third-order valence-electron chi connectivity index (χ3n) is 2.77. The van der Waals surface area contributed by atoms with Crippen molar-refractivity contribution in [1.82, 2.24) is 0 Å². The van der Waals surface area contributed by atoms with E-state index in [0.29, 0.717) is 19.8 Å². The third kappa shape index (κ3) is 6.35. The fraction of sp³-hybridized carbons (Fsp3) is 0.176. The molecule has 0 saturated heterocycles. The van der Waals surface area contributed by atoms with Gasteiger partial charge in [0.25, 0.3) is 0 Å². The SMILES string of the molecule is C=Cc1ccc(COCC[N-]c2ccccc2)cc1.[K+]. The molecule has 0 fully saturated rings. The van der Waals surface area contributed by atoms with Crippen molar-refractivity contribution in [2.75, 3.05) is 13.2 Å². The van der Waals surface area contributed by atoms with Crippen LogP contribution in [-0.2, 0) is 11.3 Å². The van der Waals surface area contributed by atoms with E-state index in [0.717, 1.165) is 11.3 Å². The molecule has 3 heteroatoms. The fourth-order valence-electron chi connectivity index (χ4n) is 1.71. The fourth-order valence-corrected chi connectivity index (χ4v) is 1.71.